The molecule has 1 heterocycles. The van der Waals surface area contributed by atoms with Crippen molar-refractivity contribution in [3.8, 4) is 0 Å². The van der Waals surface area contributed by atoms with Gasteiger partial charge in [0.25, 0.3) is 0 Å². The highest BCUT2D eigenvalue weighted by Crippen LogP contribution is 2.16. The van der Waals surface area contributed by atoms with Gasteiger partial charge in [-0.05, 0) is 24.6 Å². The van der Waals surface area contributed by atoms with Gasteiger partial charge >= 0.3 is 6.09 Å². The van der Waals surface area contributed by atoms with Gasteiger partial charge in [-0.2, -0.15) is 5.10 Å². The van der Waals surface area contributed by atoms with Gasteiger partial charge in [0.15, 0.2) is 0 Å². The lowest BCUT2D eigenvalue weighted by molar-refractivity contribution is -0.121. The molecule has 2 rings (SSSR count). The highest BCUT2D eigenvalue weighted by molar-refractivity contribution is 5.81. The average molecular weight is 329 g/mol. The summed E-state index contributed by atoms with van der Waals surface area (Å²) in [5.41, 5.74) is 3.21. The van der Waals surface area contributed by atoms with E-state index < -0.39 is 12.1 Å². The summed E-state index contributed by atoms with van der Waals surface area (Å²) in [7, 11) is 0. The van der Waals surface area contributed by atoms with Crippen LogP contribution in [0.2, 0.25) is 0 Å². The maximum Gasteiger partial charge on any atom is 0.407 e. The van der Waals surface area contributed by atoms with E-state index in [9.17, 15) is 9.59 Å². The second kappa shape index (κ2) is 9.14. The first-order valence-electron chi connectivity index (χ1n) is 7.52. The third-order valence-corrected chi connectivity index (χ3v) is 3.08. The van der Waals surface area contributed by atoms with Crippen LogP contribution >= 0.6 is 0 Å². The first-order chi connectivity index (χ1) is 11.7. The summed E-state index contributed by atoms with van der Waals surface area (Å²) < 4.78 is 9.95. The fraction of sp³-hybridized carbons (Fsp3) is 0.235. The molecule has 0 aliphatic carbocycles. The summed E-state index contributed by atoms with van der Waals surface area (Å²) in [5.74, 6) is 0.183. The van der Waals surface area contributed by atoms with Crippen LogP contribution in [0.4, 0.5) is 4.79 Å². The van der Waals surface area contributed by atoms with Gasteiger partial charge in [0.2, 0.25) is 5.91 Å². The number of alkyl carbamates (subject to hydrolysis) is 1. The first kappa shape index (κ1) is 17.3. The zero-order valence-electron chi connectivity index (χ0n) is 13.3. The average Bonchev–Trinajstić information content (AvgIpc) is 3.09. The molecule has 0 aliphatic rings. The second-order valence-corrected chi connectivity index (χ2v) is 4.84. The van der Waals surface area contributed by atoms with Crippen LogP contribution in [0.1, 0.15) is 30.7 Å². The summed E-state index contributed by atoms with van der Waals surface area (Å²) in [6.07, 6.45) is 2.36. The highest BCUT2D eigenvalue weighted by atomic mass is 16.5. The molecule has 1 atom stereocenters. The van der Waals surface area contributed by atoms with E-state index in [0.29, 0.717) is 5.76 Å². The van der Waals surface area contributed by atoms with Gasteiger partial charge < -0.3 is 14.5 Å². The van der Waals surface area contributed by atoms with Crippen molar-refractivity contribution in [3.63, 3.8) is 0 Å². The van der Waals surface area contributed by atoms with Crippen LogP contribution in [0.15, 0.2) is 58.2 Å². The molecule has 24 heavy (non-hydrogen) atoms. The number of ether oxygens (including phenoxy) is 1. The van der Waals surface area contributed by atoms with Gasteiger partial charge in [0, 0.05) is 0 Å². The van der Waals surface area contributed by atoms with Gasteiger partial charge in [-0.1, -0.05) is 30.3 Å². The van der Waals surface area contributed by atoms with E-state index in [0.717, 1.165) is 5.56 Å². The quantitative estimate of drug-likeness (QED) is 0.603. The van der Waals surface area contributed by atoms with Crippen LogP contribution in [-0.4, -0.2) is 24.8 Å². The Kier molecular flexibility index (Phi) is 6.58. The largest absolute Gasteiger partial charge is 0.463 e. The lowest BCUT2D eigenvalue weighted by atomic mass is 10.0. The topological polar surface area (TPSA) is 92.9 Å². The normalized spacial score (nSPS) is 11.9. The molecule has 1 aromatic heterocycles. The fourth-order valence-electron chi connectivity index (χ4n) is 2.02. The number of amides is 2. The summed E-state index contributed by atoms with van der Waals surface area (Å²) >= 11 is 0. The SMILES string of the molecule is CCOC(=O)N[C@@H](CC(=O)N/N=C\c1ccco1)c1ccccc1. The van der Waals surface area contributed by atoms with Crippen LogP contribution < -0.4 is 10.7 Å². The van der Waals surface area contributed by atoms with Crippen molar-refractivity contribution in [2.45, 2.75) is 19.4 Å². The Morgan fingerprint density at radius 1 is 1.25 bits per heavy atom. The molecule has 0 bridgehead atoms. The van der Waals surface area contributed by atoms with Gasteiger partial charge in [-0.3, -0.25) is 4.79 Å². The first-order valence-corrected chi connectivity index (χ1v) is 7.52. The molecule has 0 radical (unpaired) electrons. The number of furan rings is 1. The van der Waals surface area contributed by atoms with Crippen LogP contribution in [-0.2, 0) is 9.53 Å². The Morgan fingerprint density at radius 3 is 2.71 bits per heavy atom. The Balaban J connectivity index is 1.96. The van der Waals surface area contributed by atoms with Crippen molar-refractivity contribution < 1.29 is 18.7 Å². The standard InChI is InChI=1S/C17H19N3O4/c1-2-23-17(22)19-15(13-7-4-3-5-8-13)11-16(21)20-18-12-14-9-6-10-24-14/h3-10,12,15H,2,11H2,1H3,(H,19,22)(H,20,21)/b18-12-/t15-/m0/s1. The number of hydrogen-bond acceptors (Lipinski definition) is 5. The lowest BCUT2D eigenvalue weighted by Gasteiger charge is -2.17. The van der Waals surface area contributed by atoms with Crippen LogP contribution in [0.5, 0.6) is 0 Å². The van der Waals surface area contributed by atoms with Crippen molar-refractivity contribution >= 4 is 18.2 Å². The molecule has 7 heteroatoms. The predicted molar refractivity (Wildman–Crippen MR) is 88.4 cm³/mol. The number of benzene rings is 1. The van der Waals surface area contributed by atoms with Crippen molar-refractivity contribution in [1.29, 1.82) is 0 Å². The fourth-order valence-corrected chi connectivity index (χ4v) is 2.02. The molecule has 0 saturated heterocycles. The molecule has 0 fully saturated rings. The van der Waals surface area contributed by atoms with E-state index in [1.54, 1.807) is 19.1 Å². The number of rotatable bonds is 7. The number of hydrogen-bond donors (Lipinski definition) is 2. The maximum atomic E-state index is 12.0. The minimum Gasteiger partial charge on any atom is -0.463 e. The second-order valence-electron chi connectivity index (χ2n) is 4.84. The van der Waals surface area contributed by atoms with E-state index in [1.165, 1.54) is 12.5 Å². The monoisotopic (exact) mass is 329 g/mol. The number of carbonyl (C=O) groups excluding carboxylic acids is 2. The Labute approximate surface area is 139 Å². The van der Waals surface area contributed by atoms with Gasteiger partial charge in [-0.25, -0.2) is 10.2 Å². The molecular formula is C17H19N3O4. The van der Waals surface area contributed by atoms with E-state index in [1.807, 2.05) is 30.3 Å². The smallest absolute Gasteiger partial charge is 0.407 e. The van der Waals surface area contributed by atoms with Crippen LogP contribution in [0, 0.1) is 0 Å². The van der Waals surface area contributed by atoms with Crippen molar-refractivity contribution in [2.75, 3.05) is 6.61 Å². The molecule has 126 valence electrons. The number of nitrogens with one attached hydrogen (secondary N) is 2. The van der Waals surface area contributed by atoms with Gasteiger partial charge in [0.1, 0.15) is 5.76 Å². The highest BCUT2D eigenvalue weighted by Gasteiger charge is 2.18. The Hall–Kier alpha value is -3.09. The third-order valence-electron chi connectivity index (χ3n) is 3.08. The molecule has 0 aliphatic heterocycles. The van der Waals surface area contributed by atoms with E-state index in [4.69, 9.17) is 9.15 Å². The lowest BCUT2D eigenvalue weighted by Crippen LogP contribution is -2.33. The van der Waals surface area contributed by atoms with Crippen LogP contribution in [0.25, 0.3) is 0 Å². The molecule has 0 unspecified atom stereocenters. The molecule has 2 aromatic rings. The van der Waals surface area contributed by atoms with E-state index >= 15 is 0 Å². The molecule has 1 aromatic carbocycles. The van der Waals surface area contributed by atoms with Crippen molar-refractivity contribution in [1.82, 2.24) is 10.7 Å². The van der Waals surface area contributed by atoms with Gasteiger partial charge in [0.05, 0.1) is 31.5 Å². The minimum absolute atomic E-state index is 0.0261. The third kappa shape index (κ3) is 5.60. The molecule has 0 saturated carbocycles. The molecule has 2 amide bonds. The molecule has 2 N–H and O–H groups in total. The number of hydrazone groups is 1. The molecule has 7 nitrogen and oxygen atoms in total. The van der Waals surface area contributed by atoms with Crippen molar-refractivity contribution in [3.05, 3.63) is 60.1 Å². The molecule has 0 spiro atoms. The summed E-state index contributed by atoms with van der Waals surface area (Å²) in [6.45, 7) is 1.97. The van der Waals surface area contributed by atoms with E-state index in [-0.39, 0.29) is 18.9 Å². The Morgan fingerprint density at radius 2 is 2.04 bits per heavy atom. The zero-order chi connectivity index (χ0) is 17.2. The predicted octanol–water partition coefficient (Wildman–Crippen LogP) is 2.61. The van der Waals surface area contributed by atoms with E-state index in [2.05, 4.69) is 15.8 Å². The Bertz CT molecular complexity index is 668. The van der Waals surface area contributed by atoms with Crippen molar-refractivity contribution in [2.24, 2.45) is 5.10 Å². The number of carbonyl (C=O) groups is 2. The minimum atomic E-state index is -0.571. The number of nitrogens with zero attached hydrogens (tertiary/aromatic N) is 1. The van der Waals surface area contributed by atoms with Gasteiger partial charge in [-0.15, -0.1) is 0 Å². The molecular weight excluding hydrogens is 310 g/mol. The van der Waals surface area contributed by atoms with Crippen LogP contribution in [0.3, 0.4) is 0 Å². The summed E-state index contributed by atoms with van der Waals surface area (Å²) in [4.78, 5) is 23.7. The summed E-state index contributed by atoms with van der Waals surface area (Å²) in [5, 5.41) is 6.49. The summed E-state index contributed by atoms with van der Waals surface area (Å²) in [6, 6.07) is 12.1. The maximum absolute atomic E-state index is 12.0. The zero-order valence-corrected chi connectivity index (χ0v) is 13.3.